The summed E-state index contributed by atoms with van der Waals surface area (Å²) in [4.78, 5) is 53.5. The van der Waals surface area contributed by atoms with Gasteiger partial charge >= 0.3 is 0 Å². The number of anilines is 2. The van der Waals surface area contributed by atoms with E-state index >= 15 is 0 Å². The minimum atomic E-state index is -4.25. The fourth-order valence-electron chi connectivity index (χ4n) is 4.61. The molecule has 0 radical (unpaired) electrons. The molecule has 2 aliphatic rings. The highest BCUT2D eigenvalue weighted by Gasteiger charge is 2.40. The second kappa shape index (κ2) is 8.88. The normalized spacial score (nSPS) is 14.7. The van der Waals surface area contributed by atoms with Gasteiger partial charge < -0.3 is 0 Å². The maximum Gasteiger partial charge on any atom is 0.266 e. The number of hydrogen-bond donors (Lipinski definition) is 0. The van der Waals surface area contributed by atoms with Crippen LogP contribution in [0.3, 0.4) is 0 Å². The molecule has 0 aliphatic carbocycles. The highest BCUT2D eigenvalue weighted by Crippen LogP contribution is 2.35. The third kappa shape index (κ3) is 3.85. The maximum atomic E-state index is 13.5. The number of benzene rings is 4. The maximum absolute atomic E-state index is 13.5. The zero-order valence-electron chi connectivity index (χ0n) is 19.6. The molecule has 39 heavy (non-hydrogen) atoms. The number of fused-ring (bicyclic) bond motifs is 2. The molecule has 4 amide bonds. The number of hydrogen-bond acceptors (Lipinski definition) is 6. The summed E-state index contributed by atoms with van der Waals surface area (Å²) in [5.74, 6) is -2.60. The first-order chi connectivity index (χ1) is 18.6. The quantitative estimate of drug-likeness (QED) is 0.300. The predicted molar refractivity (Wildman–Crippen MR) is 144 cm³/mol. The van der Waals surface area contributed by atoms with Crippen LogP contribution in [0.1, 0.15) is 41.4 Å². The Morgan fingerprint density at radius 1 is 0.487 bits per heavy atom. The predicted octanol–water partition coefficient (Wildman–Crippen LogP) is 5.43. The van der Waals surface area contributed by atoms with E-state index in [9.17, 15) is 27.6 Å². The molecule has 0 saturated carbocycles. The number of sulfone groups is 1. The van der Waals surface area contributed by atoms with Crippen molar-refractivity contribution in [1.29, 1.82) is 0 Å². The number of imide groups is 2. The first kappa shape index (κ1) is 25.0. The lowest BCUT2D eigenvalue weighted by Gasteiger charge is -2.13. The van der Waals surface area contributed by atoms with E-state index in [0.29, 0.717) is 10.0 Å². The smallest absolute Gasteiger partial charge is 0.266 e. The monoisotopic (exact) mass is 576 g/mol. The van der Waals surface area contributed by atoms with E-state index in [1.165, 1.54) is 36.4 Å². The van der Waals surface area contributed by atoms with Crippen molar-refractivity contribution in [2.24, 2.45) is 0 Å². The average molecular weight is 577 g/mol. The number of carbonyl (C=O) groups excluding carboxylic acids is 4. The summed E-state index contributed by atoms with van der Waals surface area (Å²) >= 11 is 12.0. The molecular formula is C28H14Cl2N2O6S. The molecule has 192 valence electrons. The van der Waals surface area contributed by atoms with Crippen molar-refractivity contribution in [1.82, 2.24) is 0 Å². The lowest BCUT2D eigenvalue weighted by Crippen LogP contribution is -2.29. The number of nitrogens with zero attached hydrogens (tertiary/aromatic N) is 2. The molecule has 0 unspecified atom stereocenters. The van der Waals surface area contributed by atoms with Crippen molar-refractivity contribution in [2.75, 3.05) is 9.80 Å². The van der Waals surface area contributed by atoms with Crippen LogP contribution in [0.25, 0.3) is 0 Å². The van der Waals surface area contributed by atoms with Crippen molar-refractivity contribution < 1.29 is 27.6 Å². The molecule has 0 N–H and O–H groups in total. The van der Waals surface area contributed by atoms with Gasteiger partial charge in [0.15, 0.2) is 0 Å². The summed E-state index contributed by atoms with van der Waals surface area (Å²) in [7, 11) is -4.25. The van der Waals surface area contributed by atoms with E-state index in [2.05, 4.69) is 0 Å². The minimum Gasteiger partial charge on any atom is -0.268 e. The van der Waals surface area contributed by atoms with Gasteiger partial charge in [-0.25, -0.2) is 18.2 Å². The number of amides is 4. The molecule has 2 heterocycles. The molecular weight excluding hydrogens is 563 g/mol. The molecule has 2 aliphatic heterocycles. The van der Waals surface area contributed by atoms with Crippen LogP contribution >= 0.6 is 23.2 Å². The van der Waals surface area contributed by atoms with Crippen LogP contribution in [0.2, 0.25) is 10.0 Å². The lowest BCUT2D eigenvalue weighted by atomic mass is 10.1. The molecule has 4 aromatic carbocycles. The minimum absolute atomic E-state index is 0.0471. The highest BCUT2D eigenvalue weighted by atomic mass is 35.5. The third-order valence-electron chi connectivity index (χ3n) is 6.47. The van der Waals surface area contributed by atoms with E-state index < -0.39 is 33.5 Å². The van der Waals surface area contributed by atoms with Crippen LogP contribution in [0, 0.1) is 0 Å². The molecule has 8 nitrogen and oxygen atoms in total. The Hall–Kier alpha value is -4.31. The molecule has 0 atom stereocenters. The lowest BCUT2D eigenvalue weighted by molar-refractivity contribution is 0.0910. The van der Waals surface area contributed by atoms with Crippen molar-refractivity contribution in [3.05, 3.63) is 117 Å². The highest BCUT2D eigenvalue weighted by molar-refractivity contribution is 7.91. The SMILES string of the molecule is O=C1c2ccc(S(=O)(=O)c3ccc4c(c3)C(=O)N(c3cccc(Cl)c3)C4=O)cc2C(=O)N1c1cccc(Cl)c1. The van der Waals surface area contributed by atoms with Gasteiger partial charge in [0.1, 0.15) is 0 Å². The number of rotatable bonds is 4. The second-order valence-electron chi connectivity index (χ2n) is 8.77. The van der Waals surface area contributed by atoms with Gasteiger partial charge in [-0.3, -0.25) is 19.2 Å². The third-order valence-corrected chi connectivity index (χ3v) is 8.69. The van der Waals surface area contributed by atoms with Crippen LogP contribution in [-0.2, 0) is 9.84 Å². The Balaban J connectivity index is 1.37. The van der Waals surface area contributed by atoms with Gasteiger partial charge in [0.05, 0.1) is 43.4 Å². The second-order valence-corrected chi connectivity index (χ2v) is 11.6. The molecule has 0 spiro atoms. The number of carbonyl (C=O) groups is 4. The summed E-state index contributed by atoms with van der Waals surface area (Å²) in [5.41, 5.74) is 0.436. The van der Waals surface area contributed by atoms with Crippen molar-refractivity contribution in [3.8, 4) is 0 Å². The van der Waals surface area contributed by atoms with Crippen molar-refractivity contribution in [2.45, 2.75) is 9.79 Å². The summed E-state index contributed by atoms with van der Waals surface area (Å²) in [5, 5.41) is 0.650. The van der Waals surface area contributed by atoms with Crippen LogP contribution in [0.5, 0.6) is 0 Å². The van der Waals surface area contributed by atoms with Gasteiger partial charge in [-0.05, 0) is 72.8 Å². The van der Waals surface area contributed by atoms with E-state index in [0.717, 1.165) is 21.9 Å². The van der Waals surface area contributed by atoms with Crippen molar-refractivity contribution >= 4 is 68.0 Å². The summed E-state index contributed by atoms with van der Waals surface area (Å²) in [6.45, 7) is 0. The Bertz CT molecular complexity index is 1770. The molecule has 0 saturated heterocycles. The standard InChI is InChI=1S/C28H14Cl2N2O6S/c29-15-3-1-5-17(11-15)31-25(33)21-9-7-19(13-23(21)27(31)35)39(37,38)20-8-10-22-24(14-20)28(36)32(26(22)34)18-6-2-4-16(30)12-18/h1-14H. The van der Waals surface area contributed by atoms with Crippen molar-refractivity contribution in [3.63, 3.8) is 0 Å². The summed E-state index contributed by atoms with van der Waals surface area (Å²) < 4.78 is 27.1. The van der Waals surface area contributed by atoms with Crippen LogP contribution in [0.15, 0.2) is 94.7 Å². The Labute approximate surface area is 231 Å². The van der Waals surface area contributed by atoms with Crippen LogP contribution in [-0.4, -0.2) is 32.0 Å². The Kier molecular flexibility index (Phi) is 5.69. The average Bonchev–Trinajstić information content (AvgIpc) is 3.32. The fourth-order valence-corrected chi connectivity index (χ4v) is 6.29. The molecule has 4 aromatic rings. The molecule has 6 rings (SSSR count). The topological polar surface area (TPSA) is 109 Å². The fraction of sp³-hybridized carbons (Fsp3) is 0. The summed E-state index contributed by atoms with van der Waals surface area (Å²) in [6.07, 6.45) is 0. The van der Waals surface area contributed by atoms with Crippen LogP contribution < -0.4 is 9.80 Å². The Morgan fingerprint density at radius 2 is 0.872 bits per heavy atom. The van der Waals surface area contributed by atoms with Gasteiger partial charge in [0.2, 0.25) is 9.84 Å². The van der Waals surface area contributed by atoms with Gasteiger partial charge in [-0.2, -0.15) is 0 Å². The molecule has 0 bridgehead atoms. The zero-order chi connectivity index (χ0) is 27.6. The zero-order valence-corrected chi connectivity index (χ0v) is 21.9. The van der Waals surface area contributed by atoms with Crippen LogP contribution in [0.4, 0.5) is 11.4 Å². The molecule has 0 aromatic heterocycles. The van der Waals surface area contributed by atoms with Gasteiger partial charge in [-0.15, -0.1) is 0 Å². The first-order valence-electron chi connectivity index (χ1n) is 11.4. The van der Waals surface area contributed by atoms with E-state index in [-0.39, 0.29) is 43.4 Å². The van der Waals surface area contributed by atoms with E-state index in [4.69, 9.17) is 23.2 Å². The van der Waals surface area contributed by atoms with E-state index in [1.54, 1.807) is 36.4 Å². The molecule has 11 heteroatoms. The largest absolute Gasteiger partial charge is 0.268 e. The van der Waals surface area contributed by atoms with Gasteiger partial charge in [0, 0.05) is 10.0 Å². The summed E-state index contributed by atoms with van der Waals surface area (Å²) in [6, 6.07) is 19.6. The first-order valence-corrected chi connectivity index (χ1v) is 13.6. The number of halogens is 2. The van der Waals surface area contributed by atoms with Gasteiger partial charge in [0.25, 0.3) is 23.6 Å². The molecule has 0 fully saturated rings. The Morgan fingerprint density at radius 3 is 1.26 bits per heavy atom. The van der Waals surface area contributed by atoms with E-state index in [1.807, 2.05) is 0 Å². The van der Waals surface area contributed by atoms with Gasteiger partial charge in [-0.1, -0.05) is 35.3 Å².